The van der Waals surface area contributed by atoms with Crippen LogP contribution in [0.3, 0.4) is 0 Å². The third kappa shape index (κ3) is 6.75. The topological polar surface area (TPSA) is 126 Å². The van der Waals surface area contributed by atoms with Crippen LogP contribution in [-0.2, 0) is 32.2 Å². The van der Waals surface area contributed by atoms with E-state index in [9.17, 15) is 4.79 Å². The number of carbonyl (C=O) groups excluding carboxylic acids is 1. The maximum absolute atomic E-state index is 13.9. The van der Waals surface area contributed by atoms with Crippen molar-refractivity contribution in [3.8, 4) is 17.1 Å². The number of nitrogens with two attached hydrogens (primary N) is 1. The molecule has 3 heterocycles. The Hall–Kier alpha value is -4.48. The first-order valence-electron chi connectivity index (χ1n) is 17.3. The SMILES string of the molecule is CCc1cccc(CC)c1NC(=O)c1nn(CCN)c2c1CCCc1cnc(Nc3ccc(N4CCC(N(C)C)CC4)cc3OC)nc1-2. The number of hydrogen-bond acceptors (Lipinski definition) is 9. The highest BCUT2D eigenvalue weighted by Crippen LogP contribution is 2.37. The summed E-state index contributed by atoms with van der Waals surface area (Å²) in [6, 6.07) is 13.1. The summed E-state index contributed by atoms with van der Waals surface area (Å²) in [7, 11) is 6.01. The van der Waals surface area contributed by atoms with Crippen LogP contribution in [0, 0.1) is 0 Å². The second kappa shape index (κ2) is 14.7. The van der Waals surface area contributed by atoms with E-state index in [4.69, 9.17) is 25.5 Å². The van der Waals surface area contributed by atoms with Crippen molar-refractivity contribution in [2.24, 2.45) is 5.73 Å². The Kier molecular flexibility index (Phi) is 10.3. The van der Waals surface area contributed by atoms with E-state index in [0.717, 1.165) is 108 Å². The lowest BCUT2D eigenvalue weighted by Crippen LogP contribution is -2.41. The first-order valence-corrected chi connectivity index (χ1v) is 17.3. The van der Waals surface area contributed by atoms with Gasteiger partial charge in [-0.25, -0.2) is 9.97 Å². The highest BCUT2D eigenvalue weighted by atomic mass is 16.5. The predicted molar refractivity (Wildman–Crippen MR) is 193 cm³/mol. The molecule has 1 amide bonds. The van der Waals surface area contributed by atoms with E-state index in [1.165, 1.54) is 0 Å². The maximum Gasteiger partial charge on any atom is 0.276 e. The van der Waals surface area contributed by atoms with Gasteiger partial charge < -0.3 is 30.9 Å². The van der Waals surface area contributed by atoms with Crippen molar-refractivity contribution in [1.82, 2.24) is 24.6 Å². The van der Waals surface area contributed by atoms with E-state index in [1.54, 1.807) is 7.11 Å². The Morgan fingerprint density at radius 3 is 2.50 bits per heavy atom. The van der Waals surface area contributed by atoms with Crippen LogP contribution in [0.25, 0.3) is 11.4 Å². The first kappa shape index (κ1) is 33.4. The molecule has 254 valence electrons. The fourth-order valence-electron chi connectivity index (χ4n) is 7.09. The Morgan fingerprint density at radius 1 is 1.08 bits per heavy atom. The smallest absolute Gasteiger partial charge is 0.276 e. The van der Waals surface area contributed by atoms with Crippen molar-refractivity contribution < 1.29 is 9.53 Å². The number of ether oxygens (including phenoxy) is 1. The van der Waals surface area contributed by atoms with Crippen molar-refractivity contribution in [1.29, 1.82) is 0 Å². The number of para-hydroxylation sites is 1. The van der Waals surface area contributed by atoms with Gasteiger partial charge in [0.25, 0.3) is 5.91 Å². The Morgan fingerprint density at radius 2 is 1.83 bits per heavy atom. The van der Waals surface area contributed by atoms with Gasteiger partial charge in [0.2, 0.25) is 5.95 Å². The molecule has 0 saturated carbocycles. The second-order valence-corrected chi connectivity index (χ2v) is 12.9. The molecule has 0 radical (unpaired) electrons. The van der Waals surface area contributed by atoms with Crippen molar-refractivity contribution in [3.05, 3.63) is 70.5 Å². The van der Waals surface area contributed by atoms with Gasteiger partial charge in [0.1, 0.15) is 5.75 Å². The fourth-order valence-corrected chi connectivity index (χ4v) is 7.09. The summed E-state index contributed by atoms with van der Waals surface area (Å²) < 4.78 is 7.69. The van der Waals surface area contributed by atoms with Gasteiger partial charge in [0.05, 0.1) is 30.7 Å². The number of nitrogens with zero attached hydrogens (tertiary/aromatic N) is 6. The zero-order valence-corrected chi connectivity index (χ0v) is 29.0. The molecule has 2 aliphatic rings. The molecule has 4 aromatic rings. The van der Waals surface area contributed by atoms with Gasteiger partial charge in [-0.05, 0) is 87.9 Å². The summed E-state index contributed by atoms with van der Waals surface area (Å²) in [4.78, 5) is 28.4. The fraction of sp³-hybridized carbons (Fsp3) is 0.459. The molecule has 0 unspecified atom stereocenters. The zero-order valence-electron chi connectivity index (χ0n) is 29.0. The molecule has 1 fully saturated rings. The predicted octanol–water partition coefficient (Wildman–Crippen LogP) is 5.45. The van der Waals surface area contributed by atoms with Crippen molar-refractivity contribution in [2.75, 3.05) is 56.4 Å². The van der Waals surface area contributed by atoms with Gasteiger partial charge in [-0.1, -0.05) is 32.0 Å². The third-order valence-corrected chi connectivity index (χ3v) is 9.80. The van der Waals surface area contributed by atoms with Gasteiger partial charge >= 0.3 is 0 Å². The molecule has 2 aromatic carbocycles. The first-order chi connectivity index (χ1) is 23.3. The lowest BCUT2D eigenvalue weighted by Gasteiger charge is -2.36. The molecule has 1 aliphatic heterocycles. The number of amides is 1. The summed E-state index contributed by atoms with van der Waals surface area (Å²) in [5, 5.41) is 11.5. The molecule has 48 heavy (non-hydrogen) atoms. The van der Waals surface area contributed by atoms with Gasteiger partial charge in [0.15, 0.2) is 5.69 Å². The van der Waals surface area contributed by atoms with Gasteiger partial charge in [0, 0.05) is 54.9 Å². The number of carbonyl (C=O) groups is 1. The van der Waals surface area contributed by atoms with Crippen LogP contribution >= 0.6 is 0 Å². The lowest BCUT2D eigenvalue weighted by molar-refractivity contribution is 0.102. The highest BCUT2D eigenvalue weighted by molar-refractivity contribution is 6.05. The average molecular weight is 652 g/mol. The minimum absolute atomic E-state index is 0.204. The van der Waals surface area contributed by atoms with Crippen molar-refractivity contribution >= 4 is 28.9 Å². The molecule has 11 nitrogen and oxygen atoms in total. The normalized spacial score (nSPS) is 14.8. The van der Waals surface area contributed by atoms with Crippen LogP contribution in [0.4, 0.5) is 23.0 Å². The molecule has 2 aromatic heterocycles. The number of fused-ring (bicyclic) bond motifs is 3. The average Bonchev–Trinajstić information content (AvgIpc) is 3.35. The molecule has 4 N–H and O–H groups in total. The lowest BCUT2D eigenvalue weighted by atomic mass is 10.0. The quantitative estimate of drug-likeness (QED) is 0.194. The Bertz CT molecular complexity index is 1740. The molecule has 11 heteroatoms. The highest BCUT2D eigenvalue weighted by Gasteiger charge is 2.29. The molecule has 0 bridgehead atoms. The molecule has 1 aliphatic carbocycles. The van der Waals surface area contributed by atoms with Crippen LogP contribution in [0.2, 0.25) is 0 Å². The summed E-state index contributed by atoms with van der Waals surface area (Å²) in [6.45, 7) is 7.08. The number of piperidine rings is 1. The van der Waals surface area contributed by atoms with Crippen molar-refractivity contribution in [3.63, 3.8) is 0 Å². The largest absolute Gasteiger partial charge is 0.494 e. The monoisotopic (exact) mass is 651 g/mol. The van der Waals surface area contributed by atoms with E-state index in [0.29, 0.717) is 37.2 Å². The summed E-state index contributed by atoms with van der Waals surface area (Å²) >= 11 is 0. The number of hydrogen-bond donors (Lipinski definition) is 3. The standard InChI is InChI=1S/C37H49N9O2/c1-6-24-10-8-11-25(7-2)32(24)41-36(47)34-29-13-9-12-26-23-39-37(42-33(26)35(29)46(43-34)21-18-38)40-30-15-14-28(22-31(30)48-5)45-19-16-27(17-20-45)44(3)4/h8,10-11,14-15,22-23,27H,6-7,9,12-13,16-21,38H2,1-5H3,(H,41,47)(H,39,40,42). The summed E-state index contributed by atoms with van der Waals surface area (Å²) in [5.74, 6) is 0.979. The van der Waals surface area contributed by atoms with E-state index < -0.39 is 0 Å². The number of aryl methyl sites for hydroxylation is 3. The molecule has 1 saturated heterocycles. The number of nitrogens with one attached hydrogen (secondary N) is 2. The van der Waals surface area contributed by atoms with E-state index in [1.807, 2.05) is 16.9 Å². The van der Waals surface area contributed by atoms with Gasteiger partial charge in [-0.2, -0.15) is 5.10 Å². The van der Waals surface area contributed by atoms with Crippen LogP contribution < -0.4 is 26.0 Å². The van der Waals surface area contributed by atoms with Gasteiger partial charge in [-0.3, -0.25) is 9.48 Å². The molecule has 0 spiro atoms. The molecule has 6 rings (SSSR count). The van der Waals surface area contributed by atoms with E-state index in [2.05, 4.69) is 78.7 Å². The molecular weight excluding hydrogens is 602 g/mol. The number of rotatable bonds is 11. The minimum atomic E-state index is -0.204. The van der Waals surface area contributed by atoms with E-state index in [-0.39, 0.29) is 5.91 Å². The molecular formula is C37H49N9O2. The van der Waals surface area contributed by atoms with Gasteiger partial charge in [-0.15, -0.1) is 0 Å². The summed E-state index contributed by atoms with van der Waals surface area (Å²) in [5.41, 5.74) is 15.1. The molecule has 0 atom stereocenters. The van der Waals surface area contributed by atoms with Crippen LogP contribution in [0.15, 0.2) is 42.6 Å². The maximum atomic E-state index is 13.9. The Labute approximate surface area is 283 Å². The van der Waals surface area contributed by atoms with E-state index >= 15 is 0 Å². The van der Waals surface area contributed by atoms with Crippen LogP contribution in [-0.4, -0.2) is 77.4 Å². The second-order valence-electron chi connectivity index (χ2n) is 12.9. The zero-order chi connectivity index (χ0) is 33.8. The minimum Gasteiger partial charge on any atom is -0.494 e. The van der Waals surface area contributed by atoms with Crippen LogP contribution in [0.1, 0.15) is 65.9 Å². The third-order valence-electron chi connectivity index (χ3n) is 9.80. The summed E-state index contributed by atoms with van der Waals surface area (Å²) in [6.07, 6.45) is 8.18. The number of aromatic nitrogens is 4. The Balaban J connectivity index is 1.30. The number of anilines is 4. The number of methoxy groups -OCH3 is 1. The van der Waals surface area contributed by atoms with Crippen molar-refractivity contribution in [2.45, 2.75) is 71.4 Å². The van der Waals surface area contributed by atoms with Crippen LogP contribution in [0.5, 0.6) is 5.75 Å². The number of benzene rings is 2.